The van der Waals surface area contributed by atoms with Gasteiger partial charge in [0.25, 0.3) is 5.91 Å². The monoisotopic (exact) mass is 438 g/mol. The van der Waals surface area contributed by atoms with E-state index in [2.05, 4.69) is 22.3 Å². The molecule has 1 saturated carbocycles. The fourth-order valence-electron chi connectivity index (χ4n) is 5.12. The molecule has 1 N–H and O–H groups in total. The Labute approximate surface area is 190 Å². The first kappa shape index (κ1) is 22.0. The molecule has 2 aromatic carbocycles. The van der Waals surface area contributed by atoms with Crippen molar-refractivity contribution in [1.29, 1.82) is 0 Å². The number of Topliss-reactive ketones (excluding diaryl/α,β-unsaturated/α-hetero) is 1. The molecule has 2 atom stereocenters. The van der Waals surface area contributed by atoms with E-state index in [-0.39, 0.29) is 17.7 Å². The molecule has 1 amide bonds. The summed E-state index contributed by atoms with van der Waals surface area (Å²) in [6, 6.07) is 15.8. The lowest BCUT2D eigenvalue weighted by Gasteiger charge is -2.38. The van der Waals surface area contributed by atoms with Gasteiger partial charge >= 0.3 is 0 Å². The number of amides is 1. The third-order valence-corrected chi connectivity index (χ3v) is 7.14. The maximum atomic E-state index is 12.8. The largest absolute Gasteiger partial charge is 0.348 e. The summed E-state index contributed by atoms with van der Waals surface area (Å²) < 4.78 is 0. The van der Waals surface area contributed by atoms with E-state index in [4.69, 9.17) is 11.6 Å². The number of benzene rings is 2. The van der Waals surface area contributed by atoms with Gasteiger partial charge in [-0.25, -0.2) is 0 Å². The third-order valence-electron chi connectivity index (χ3n) is 6.88. The van der Waals surface area contributed by atoms with Crippen molar-refractivity contribution in [3.63, 3.8) is 0 Å². The Balaban J connectivity index is 1.31. The van der Waals surface area contributed by atoms with Crippen LogP contribution < -0.4 is 5.32 Å². The number of likely N-dealkylation sites (tertiary alicyclic amines) is 1. The Bertz CT molecular complexity index is 919. The minimum atomic E-state index is -0.0716. The topological polar surface area (TPSA) is 49.4 Å². The molecular weight excluding hydrogens is 408 g/mol. The standard InChI is InChI=1S/C26H31ClN2O2/c1-18(30)21-4-2-5-22(17-21)26(31)28-24-6-3-7-25(24)29-14-12-20(13-15-29)16-19-8-10-23(27)11-9-19/h2,4-5,8-11,17,20,24-25H,3,6-7,12-16H2,1H3,(H,28,31)/t24-,25-/m1/s1. The number of carbonyl (C=O) groups excluding carboxylic acids is 2. The molecule has 1 saturated heterocycles. The maximum absolute atomic E-state index is 12.8. The van der Waals surface area contributed by atoms with Crippen molar-refractivity contribution in [2.24, 2.45) is 5.92 Å². The molecule has 0 aromatic heterocycles. The minimum absolute atomic E-state index is 0.0186. The van der Waals surface area contributed by atoms with Gasteiger partial charge in [0, 0.05) is 28.2 Å². The van der Waals surface area contributed by atoms with Gasteiger partial charge in [-0.1, -0.05) is 35.9 Å². The van der Waals surface area contributed by atoms with Crippen molar-refractivity contribution in [2.75, 3.05) is 13.1 Å². The first-order valence-corrected chi connectivity index (χ1v) is 11.8. The maximum Gasteiger partial charge on any atom is 0.251 e. The Kier molecular flexibility index (Phi) is 7.09. The molecule has 31 heavy (non-hydrogen) atoms. The number of carbonyl (C=O) groups is 2. The lowest BCUT2D eigenvalue weighted by atomic mass is 9.89. The van der Waals surface area contributed by atoms with Crippen LogP contribution in [0.1, 0.15) is 65.3 Å². The number of rotatable bonds is 6. The Hall–Kier alpha value is -2.17. The summed E-state index contributed by atoms with van der Waals surface area (Å²) in [4.78, 5) is 27.1. The molecule has 1 aliphatic heterocycles. The summed E-state index contributed by atoms with van der Waals surface area (Å²) in [7, 11) is 0. The fraction of sp³-hybridized carbons (Fsp3) is 0.462. The van der Waals surface area contributed by atoms with Crippen molar-refractivity contribution in [2.45, 2.75) is 57.5 Å². The summed E-state index contributed by atoms with van der Waals surface area (Å²) in [6.07, 6.45) is 6.81. The molecule has 0 spiro atoms. The van der Waals surface area contributed by atoms with E-state index in [0.717, 1.165) is 43.8 Å². The third kappa shape index (κ3) is 5.55. The molecule has 0 radical (unpaired) electrons. The van der Waals surface area contributed by atoms with Crippen LogP contribution in [-0.4, -0.2) is 41.8 Å². The van der Waals surface area contributed by atoms with E-state index in [9.17, 15) is 9.59 Å². The van der Waals surface area contributed by atoms with Crippen LogP contribution in [0.3, 0.4) is 0 Å². The van der Waals surface area contributed by atoms with Gasteiger partial charge in [-0.15, -0.1) is 0 Å². The van der Waals surface area contributed by atoms with Crippen LogP contribution in [0.2, 0.25) is 5.02 Å². The zero-order chi connectivity index (χ0) is 21.8. The molecular formula is C26H31ClN2O2. The van der Waals surface area contributed by atoms with Gasteiger partial charge in [0.2, 0.25) is 0 Å². The van der Waals surface area contributed by atoms with Crippen LogP contribution in [0.4, 0.5) is 0 Å². The highest BCUT2D eigenvalue weighted by Gasteiger charge is 2.35. The van der Waals surface area contributed by atoms with E-state index >= 15 is 0 Å². The van der Waals surface area contributed by atoms with Gasteiger partial charge in [0.15, 0.2) is 5.78 Å². The number of nitrogens with one attached hydrogen (secondary N) is 1. The highest BCUT2D eigenvalue weighted by atomic mass is 35.5. The fourth-order valence-corrected chi connectivity index (χ4v) is 5.25. The second-order valence-corrected chi connectivity index (χ2v) is 9.46. The van der Waals surface area contributed by atoms with Crippen LogP contribution in [0.5, 0.6) is 0 Å². The van der Waals surface area contributed by atoms with Crippen molar-refractivity contribution >= 4 is 23.3 Å². The molecule has 5 heteroatoms. The molecule has 164 valence electrons. The molecule has 2 aliphatic rings. The van der Waals surface area contributed by atoms with Gasteiger partial charge in [-0.05, 0) is 94.3 Å². The molecule has 0 unspecified atom stereocenters. The first-order chi connectivity index (χ1) is 15.0. The molecule has 2 aromatic rings. The number of hydrogen-bond donors (Lipinski definition) is 1. The number of hydrogen-bond acceptors (Lipinski definition) is 3. The molecule has 1 aliphatic carbocycles. The predicted molar refractivity (Wildman–Crippen MR) is 125 cm³/mol. The highest BCUT2D eigenvalue weighted by molar-refractivity contribution is 6.30. The van der Waals surface area contributed by atoms with Gasteiger partial charge < -0.3 is 5.32 Å². The van der Waals surface area contributed by atoms with Gasteiger partial charge in [-0.2, -0.15) is 0 Å². The van der Waals surface area contributed by atoms with Crippen LogP contribution in [0.25, 0.3) is 0 Å². The van der Waals surface area contributed by atoms with Crippen molar-refractivity contribution in [3.8, 4) is 0 Å². The molecule has 4 rings (SSSR count). The molecule has 4 nitrogen and oxygen atoms in total. The van der Waals surface area contributed by atoms with Crippen LogP contribution in [0.15, 0.2) is 48.5 Å². The van der Waals surface area contributed by atoms with Crippen LogP contribution >= 0.6 is 11.6 Å². The van der Waals surface area contributed by atoms with Crippen molar-refractivity contribution in [1.82, 2.24) is 10.2 Å². The quantitative estimate of drug-likeness (QED) is 0.634. The zero-order valence-corrected chi connectivity index (χ0v) is 18.9. The number of halogens is 1. The summed E-state index contributed by atoms with van der Waals surface area (Å²) in [5.41, 5.74) is 2.51. The average molecular weight is 439 g/mol. The number of piperidine rings is 1. The summed E-state index contributed by atoms with van der Waals surface area (Å²) >= 11 is 6.00. The molecule has 0 bridgehead atoms. The molecule has 1 heterocycles. The highest BCUT2D eigenvalue weighted by Crippen LogP contribution is 2.30. The predicted octanol–water partition coefficient (Wildman–Crippen LogP) is 5.15. The van der Waals surface area contributed by atoms with E-state index in [1.165, 1.54) is 25.3 Å². The minimum Gasteiger partial charge on any atom is -0.348 e. The SMILES string of the molecule is CC(=O)c1cccc(C(=O)N[C@@H]2CCC[C@H]2N2CCC(Cc3ccc(Cl)cc3)CC2)c1. The Morgan fingerprint density at radius 1 is 1.00 bits per heavy atom. The van der Waals surface area contributed by atoms with Gasteiger partial charge in [0.1, 0.15) is 0 Å². The lowest BCUT2D eigenvalue weighted by Crippen LogP contribution is -2.51. The first-order valence-electron chi connectivity index (χ1n) is 11.4. The second-order valence-electron chi connectivity index (χ2n) is 9.03. The van der Waals surface area contributed by atoms with E-state index in [1.807, 2.05) is 12.1 Å². The van der Waals surface area contributed by atoms with E-state index < -0.39 is 0 Å². The summed E-state index contributed by atoms with van der Waals surface area (Å²) in [5.74, 6) is 0.619. The number of nitrogens with zero attached hydrogens (tertiary/aromatic N) is 1. The normalized spacial score (nSPS) is 22.4. The summed E-state index contributed by atoms with van der Waals surface area (Å²) in [5, 5.41) is 4.05. The van der Waals surface area contributed by atoms with Crippen molar-refractivity contribution < 1.29 is 9.59 Å². The number of ketones is 1. The van der Waals surface area contributed by atoms with E-state index in [0.29, 0.717) is 23.1 Å². The van der Waals surface area contributed by atoms with Crippen molar-refractivity contribution in [3.05, 3.63) is 70.2 Å². The summed E-state index contributed by atoms with van der Waals surface area (Å²) in [6.45, 7) is 3.71. The van der Waals surface area contributed by atoms with E-state index in [1.54, 1.807) is 24.3 Å². The average Bonchev–Trinajstić information content (AvgIpc) is 3.24. The second kappa shape index (κ2) is 9.97. The Morgan fingerprint density at radius 2 is 1.71 bits per heavy atom. The van der Waals surface area contributed by atoms with Crippen LogP contribution in [0, 0.1) is 5.92 Å². The van der Waals surface area contributed by atoms with Gasteiger partial charge in [-0.3, -0.25) is 14.5 Å². The molecule has 2 fully saturated rings. The smallest absolute Gasteiger partial charge is 0.251 e. The Morgan fingerprint density at radius 3 is 2.42 bits per heavy atom. The zero-order valence-electron chi connectivity index (χ0n) is 18.1. The van der Waals surface area contributed by atoms with Gasteiger partial charge in [0.05, 0.1) is 0 Å². The van der Waals surface area contributed by atoms with Crippen LogP contribution in [-0.2, 0) is 6.42 Å². The lowest BCUT2D eigenvalue weighted by molar-refractivity contribution is 0.0862.